The van der Waals surface area contributed by atoms with Crippen molar-refractivity contribution >= 4 is 28.8 Å². The Hall–Kier alpha value is -4.20. The highest BCUT2D eigenvalue weighted by Crippen LogP contribution is 2.47. The second-order valence-corrected chi connectivity index (χ2v) is 14.4. The van der Waals surface area contributed by atoms with Crippen molar-refractivity contribution in [3.05, 3.63) is 136 Å². The van der Waals surface area contributed by atoms with E-state index in [2.05, 4.69) is 140 Å². The zero-order valence-electron chi connectivity index (χ0n) is 27.9. The average Bonchev–Trinajstić information content (AvgIpc) is 3.66. The molecule has 0 spiro atoms. The molecule has 47 heavy (non-hydrogen) atoms. The van der Waals surface area contributed by atoms with Crippen LogP contribution in [0.5, 0.6) is 0 Å². The van der Waals surface area contributed by atoms with Crippen LogP contribution in [0.25, 0.3) is 5.69 Å². The predicted octanol–water partition coefficient (Wildman–Crippen LogP) is 5.70. The Morgan fingerprint density at radius 1 is 0.809 bits per heavy atom. The van der Waals surface area contributed by atoms with Crippen LogP contribution in [0, 0.1) is 0 Å². The highest BCUT2D eigenvalue weighted by Gasteiger charge is 2.42. The highest BCUT2D eigenvalue weighted by atomic mass is 35.5. The summed E-state index contributed by atoms with van der Waals surface area (Å²) in [6.07, 6.45) is 12.5. The number of anilines is 1. The van der Waals surface area contributed by atoms with E-state index in [1.54, 1.807) is 11.8 Å². The maximum absolute atomic E-state index is 4.50. The third-order valence-corrected chi connectivity index (χ3v) is 11.0. The first-order valence-electron chi connectivity index (χ1n) is 16.1. The second kappa shape index (κ2) is 12.8. The van der Waals surface area contributed by atoms with Gasteiger partial charge in [-0.25, -0.2) is 0 Å². The first-order valence-corrected chi connectivity index (χ1v) is 16.9. The predicted molar refractivity (Wildman–Crippen MR) is 189 cm³/mol. The lowest BCUT2D eigenvalue weighted by molar-refractivity contribution is -0.401. The number of rotatable bonds is 6. The number of para-hydroxylation sites is 3. The molecule has 0 N–H and O–H groups in total. The summed E-state index contributed by atoms with van der Waals surface area (Å²) in [4.78, 5) is 3.58. The third kappa shape index (κ3) is 5.70. The molecule has 3 aliphatic rings. The molecule has 6 nitrogen and oxygen atoms in total. The van der Waals surface area contributed by atoms with Gasteiger partial charge in [0, 0.05) is 46.5 Å². The minimum absolute atomic E-state index is 0. The van der Waals surface area contributed by atoms with Gasteiger partial charge in [0.25, 0.3) is 0 Å². The van der Waals surface area contributed by atoms with E-state index in [-0.39, 0.29) is 23.2 Å². The number of benzene rings is 3. The summed E-state index contributed by atoms with van der Waals surface area (Å²) in [5.74, 6) is 0. The zero-order chi connectivity index (χ0) is 32.1. The van der Waals surface area contributed by atoms with Crippen molar-refractivity contribution < 1.29 is 17.0 Å². The number of likely N-dealkylation sites (N-methyl/N-ethyl adjacent to an activating group) is 1. The minimum atomic E-state index is -0.0848. The van der Waals surface area contributed by atoms with Crippen LogP contribution in [-0.2, 0) is 10.8 Å². The van der Waals surface area contributed by atoms with Gasteiger partial charge in [-0.1, -0.05) is 80.6 Å². The number of hydrogen-bond acceptors (Lipinski definition) is 5. The Kier molecular flexibility index (Phi) is 8.90. The smallest absolute Gasteiger partial charge is 0.218 e. The van der Waals surface area contributed by atoms with Gasteiger partial charge in [0.05, 0.1) is 11.1 Å². The third-order valence-electron chi connectivity index (χ3n) is 9.88. The molecule has 0 saturated carbocycles. The van der Waals surface area contributed by atoms with Crippen LogP contribution < -0.4 is 17.3 Å². The molecule has 3 heterocycles. The number of nitrogens with zero attached hydrogens (tertiary/aromatic N) is 6. The molecule has 1 aliphatic carbocycles. The molecule has 0 atom stereocenters. The van der Waals surface area contributed by atoms with Crippen molar-refractivity contribution in [1.29, 1.82) is 0 Å². The van der Waals surface area contributed by atoms with Crippen LogP contribution in [-0.4, -0.2) is 44.6 Å². The van der Waals surface area contributed by atoms with E-state index in [1.807, 2.05) is 35.0 Å². The number of tetrazole rings is 1. The van der Waals surface area contributed by atoms with Crippen LogP contribution in [0.3, 0.4) is 0 Å². The number of aromatic nitrogens is 4. The van der Waals surface area contributed by atoms with E-state index in [0.717, 1.165) is 30.1 Å². The molecule has 0 saturated heterocycles. The fraction of sp³-hybridized carbons (Fsp3) is 0.282. The van der Waals surface area contributed by atoms with Crippen LogP contribution in [0.1, 0.15) is 58.1 Å². The summed E-state index contributed by atoms with van der Waals surface area (Å²) < 4.78 is 4.18. The number of thioether (sulfide) groups is 1. The fourth-order valence-corrected chi connectivity index (χ4v) is 8.47. The molecule has 8 heteroatoms. The Balaban J connectivity index is 0.00000386. The average molecular weight is 661 g/mol. The minimum Gasteiger partial charge on any atom is -1.00 e. The lowest BCUT2D eigenvalue weighted by Crippen LogP contribution is -3.00. The molecule has 0 radical (unpaired) electrons. The molecular formula is C39H41ClN6S. The monoisotopic (exact) mass is 660 g/mol. The first kappa shape index (κ1) is 32.7. The summed E-state index contributed by atoms with van der Waals surface area (Å²) in [6, 6.07) is 27.6. The zero-order valence-corrected chi connectivity index (χ0v) is 29.5. The summed E-state index contributed by atoms with van der Waals surface area (Å²) in [6.45, 7) is 9.29. The molecule has 0 amide bonds. The lowest BCUT2D eigenvalue weighted by Gasteiger charge is -2.25. The fourth-order valence-electron chi connectivity index (χ4n) is 7.38. The van der Waals surface area contributed by atoms with E-state index in [0.29, 0.717) is 0 Å². The van der Waals surface area contributed by atoms with Gasteiger partial charge in [-0.05, 0) is 96.3 Å². The summed E-state index contributed by atoms with van der Waals surface area (Å²) >= 11 is 1.67. The lowest BCUT2D eigenvalue weighted by atomic mass is 9.81. The molecule has 240 valence electrons. The molecule has 2 aliphatic heterocycles. The molecule has 1 aromatic heterocycles. The van der Waals surface area contributed by atoms with E-state index in [1.165, 1.54) is 50.0 Å². The van der Waals surface area contributed by atoms with Crippen LogP contribution >= 0.6 is 11.8 Å². The highest BCUT2D eigenvalue weighted by molar-refractivity contribution is 8.03. The van der Waals surface area contributed by atoms with Crippen molar-refractivity contribution in [3.63, 3.8) is 0 Å². The van der Waals surface area contributed by atoms with Crippen LogP contribution in [0.4, 0.5) is 11.4 Å². The molecular weight excluding hydrogens is 620 g/mol. The Bertz CT molecular complexity index is 1980. The Morgan fingerprint density at radius 2 is 1.51 bits per heavy atom. The van der Waals surface area contributed by atoms with Crippen LogP contribution in [0.15, 0.2) is 130 Å². The van der Waals surface area contributed by atoms with Gasteiger partial charge >= 0.3 is 0 Å². The van der Waals surface area contributed by atoms with Crippen molar-refractivity contribution in [3.8, 4) is 5.69 Å². The number of halogens is 1. The van der Waals surface area contributed by atoms with Crippen LogP contribution in [0.2, 0.25) is 0 Å². The van der Waals surface area contributed by atoms with Gasteiger partial charge in [-0.15, -0.1) is 5.10 Å². The summed E-state index contributed by atoms with van der Waals surface area (Å²) in [5.41, 5.74) is 11.3. The van der Waals surface area contributed by atoms with Gasteiger partial charge in [0.15, 0.2) is 5.71 Å². The van der Waals surface area contributed by atoms with Gasteiger partial charge in [-0.2, -0.15) is 9.26 Å². The van der Waals surface area contributed by atoms with E-state index in [9.17, 15) is 0 Å². The molecule has 0 fully saturated rings. The van der Waals surface area contributed by atoms with Crippen molar-refractivity contribution in [2.45, 2.75) is 62.9 Å². The van der Waals surface area contributed by atoms with Gasteiger partial charge in [0.2, 0.25) is 10.8 Å². The molecule has 0 bridgehead atoms. The maximum atomic E-state index is 4.50. The number of allylic oxidation sites excluding steroid dienone is 7. The largest absolute Gasteiger partial charge is 1.00 e. The Morgan fingerprint density at radius 3 is 2.26 bits per heavy atom. The molecule has 3 aromatic carbocycles. The summed E-state index contributed by atoms with van der Waals surface area (Å²) in [5, 5.41) is 13.7. The molecule has 4 aromatic rings. The topological polar surface area (TPSA) is 49.9 Å². The van der Waals surface area contributed by atoms with Crippen molar-refractivity contribution in [1.82, 2.24) is 20.2 Å². The molecule has 0 unspecified atom stereocenters. The second-order valence-electron chi connectivity index (χ2n) is 13.4. The van der Waals surface area contributed by atoms with Gasteiger partial charge < -0.3 is 17.3 Å². The number of hydrogen-bond donors (Lipinski definition) is 0. The van der Waals surface area contributed by atoms with Gasteiger partial charge in [-0.3, -0.25) is 0 Å². The molecule has 7 rings (SSSR count). The van der Waals surface area contributed by atoms with E-state index < -0.39 is 0 Å². The Labute approximate surface area is 288 Å². The number of fused-ring (bicyclic) bond motifs is 2. The first-order chi connectivity index (χ1) is 22.2. The van der Waals surface area contributed by atoms with Crippen molar-refractivity contribution in [2.75, 3.05) is 19.0 Å². The van der Waals surface area contributed by atoms with E-state index in [4.69, 9.17) is 0 Å². The quantitative estimate of drug-likeness (QED) is 0.249. The maximum Gasteiger partial charge on any atom is 0.218 e. The summed E-state index contributed by atoms with van der Waals surface area (Å²) in [7, 11) is 4.36. The normalized spacial score (nSPS) is 19.9. The van der Waals surface area contributed by atoms with E-state index >= 15 is 0 Å². The van der Waals surface area contributed by atoms with Crippen molar-refractivity contribution in [2.24, 2.45) is 0 Å². The van der Waals surface area contributed by atoms with Gasteiger partial charge in [0.1, 0.15) is 7.05 Å². The standard InChI is InChI=1S/C39H41N6S.ClH/c1-38(2)30-19-10-12-21-32(30)43(5)34(38)25-23-27-15-14-16-28(24-26-35-39(3,4)31-20-11-13-22-33(31)44(35)6)36(27)46-37-40-41-42-45(37)29-17-8-7-9-18-29;/h7-13,17-26H,14-16H2,1-6H3;1H/q+1;/p-1. The SMILES string of the molecule is CN1/C(=C\C=C2\CCCC(/C=C/C3=[N+](C)c4ccccc4C3(C)C)=C2Sc2nnnn2-c2ccccc2)C(C)(C)c2ccccc21.[Cl-].